The fourth-order valence-electron chi connectivity index (χ4n) is 3.71. The Labute approximate surface area is 183 Å². The van der Waals surface area contributed by atoms with Crippen LogP contribution < -0.4 is 9.64 Å². The molecule has 3 heterocycles. The molecule has 0 spiro atoms. The van der Waals surface area contributed by atoms with Gasteiger partial charge in [-0.25, -0.2) is 19.6 Å². The van der Waals surface area contributed by atoms with Crippen molar-refractivity contribution >= 4 is 22.9 Å². The number of anilines is 1. The minimum atomic E-state index is 0.580. The van der Waals surface area contributed by atoms with Gasteiger partial charge in [0.15, 0.2) is 5.82 Å². The minimum Gasteiger partial charge on any atom is -0.493 e. The first-order valence-corrected chi connectivity index (χ1v) is 10.7. The molecule has 0 amide bonds. The highest BCUT2D eigenvalue weighted by Crippen LogP contribution is 2.28. The molecule has 1 aliphatic heterocycles. The zero-order valence-electron chi connectivity index (χ0n) is 18.8. The summed E-state index contributed by atoms with van der Waals surface area (Å²) in [6.07, 6.45) is 1.91. The van der Waals surface area contributed by atoms with Gasteiger partial charge in [0.1, 0.15) is 23.0 Å². The summed E-state index contributed by atoms with van der Waals surface area (Å²) in [6, 6.07) is 12.0. The van der Waals surface area contributed by atoms with Gasteiger partial charge in [-0.1, -0.05) is 12.1 Å². The van der Waals surface area contributed by atoms with Gasteiger partial charge in [0.05, 0.1) is 29.9 Å². The number of hydrogen-bond acceptors (Lipinski definition) is 6. The number of ether oxygens (including phenoxy) is 1. The third-order valence-corrected chi connectivity index (χ3v) is 5.26. The predicted molar refractivity (Wildman–Crippen MR) is 125 cm³/mol. The first-order valence-electron chi connectivity index (χ1n) is 10.7. The van der Waals surface area contributed by atoms with Crippen LogP contribution in [0, 0.1) is 13.8 Å². The van der Waals surface area contributed by atoms with Crippen LogP contribution in [0.1, 0.15) is 43.5 Å². The Kier molecular flexibility index (Phi) is 5.84. The monoisotopic (exact) mass is 416 g/mol. The molecule has 1 aromatic carbocycles. The summed E-state index contributed by atoms with van der Waals surface area (Å²) in [6.45, 7) is 12.6. The third kappa shape index (κ3) is 3.95. The van der Waals surface area contributed by atoms with Gasteiger partial charge in [-0.05, 0) is 58.9 Å². The van der Waals surface area contributed by atoms with Crippen molar-refractivity contribution in [3.63, 3.8) is 0 Å². The van der Waals surface area contributed by atoms with Crippen LogP contribution in [0.4, 0.5) is 11.5 Å². The first kappa shape index (κ1) is 20.8. The Morgan fingerprint density at radius 2 is 1.77 bits per heavy atom. The van der Waals surface area contributed by atoms with E-state index in [1.807, 2.05) is 63.4 Å². The number of aliphatic imine (C=N–C) groups is 1. The quantitative estimate of drug-likeness (QED) is 0.568. The standard InChI is InChI=1S/C24H28N6O/c1-6-29(7-2)21-14-13-19(17(5)26-21)27-23-22(28-30-15-16(4)25-24(23)30)18-11-9-10-12-20(18)31-8-3/h9-15H,6-8H2,1-5H3. The molecule has 2 aromatic heterocycles. The van der Waals surface area contributed by atoms with Crippen LogP contribution >= 0.6 is 0 Å². The minimum absolute atomic E-state index is 0.580. The van der Waals surface area contributed by atoms with Gasteiger partial charge in [-0.3, -0.25) is 0 Å². The predicted octanol–water partition coefficient (Wildman–Crippen LogP) is 4.53. The molecule has 0 saturated carbocycles. The first-order chi connectivity index (χ1) is 15.0. The molecular formula is C24H28N6O. The lowest BCUT2D eigenvalue weighted by Gasteiger charge is -2.20. The molecule has 31 heavy (non-hydrogen) atoms. The maximum absolute atomic E-state index is 5.85. The van der Waals surface area contributed by atoms with E-state index in [0.29, 0.717) is 6.61 Å². The molecule has 7 nitrogen and oxygen atoms in total. The van der Waals surface area contributed by atoms with E-state index in [9.17, 15) is 0 Å². The molecule has 0 radical (unpaired) electrons. The molecule has 0 fully saturated rings. The van der Waals surface area contributed by atoms with E-state index in [-0.39, 0.29) is 0 Å². The largest absolute Gasteiger partial charge is 0.493 e. The number of imidazole rings is 1. The number of aryl methyl sites for hydroxylation is 2. The van der Waals surface area contributed by atoms with Crippen molar-refractivity contribution in [1.82, 2.24) is 14.6 Å². The molecule has 3 aromatic rings. The Morgan fingerprint density at radius 3 is 2.48 bits per heavy atom. The summed E-state index contributed by atoms with van der Waals surface area (Å²) >= 11 is 0. The van der Waals surface area contributed by atoms with Gasteiger partial charge in [0.25, 0.3) is 0 Å². The van der Waals surface area contributed by atoms with Gasteiger partial charge >= 0.3 is 0 Å². The van der Waals surface area contributed by atoms with E-state index in [4.69, 9.17) is 19.8 Å². The summed E-state index contributed by atoms with van der Waals surface area (Å²) in [7, 11) is 0. The third-order valence-electron chi connectivity index (χ3n) is 5.26. The zero-order valence-corrected chi connectivity index (χ0v) is 18.8. The summed E-state index contributed by atoms with van der Waals surface area (Å²) < 4.78 is 7.65. The van der Waals surface area contributed by atoms with Crippen molar-refractivity contribution in [2.24, 2.45) is 10.1 Å². The maximum Gasteiger partial charge on any atom is 0.182 e. The SMILES string of the molecule is CCOc1ccccc1C1=Nn2cc(C)nc2C1=Nc1ccc(N(CC)CC)nc1C. The fourth-order valence-corrected chi connectivity index (χ4v) is 3.71. The van der Waals surface area contributed by atoms with E-state index in [0.717, 1.165) is 64.5 Å². The summed E-state index contributed by atoms with van der Waals surface area (Å²) in [5.41, 5.74) is 4.95. The number of para-hydroxylation sites is 1. The molecule has 1 aliphatic rings. The normalized spacial score (nSPS) is 14.0. The second-order valence-electron chi connectivity index (χ2n) is 7.33. The van der Waals surface area contributed by atoms with Crippen molar-refractivity contribution in [3.8, 4) is 5.75 Å². The average molecular weight is 417 g/mol. The Balaban J connectivity index is 1.82. The molecule has 0 atom stereocenters. The lowest BCUT2D eigenvalue weighted by molar-refractivity contribution is 0.339. The molecular weight excluding hydrogens is 388 g/mol. The molecule has 0 bridgehead atoms. The molecule has 0 unspecified atom stereocenters. The fraction of sp³-hybridized carbons (Fsp3) is 0.333. The molecule has 0 aliphatic carbocycles. The number of fused-ring (bicyclic) bond motifs is 1. The number of pyridine rings is 1. The lowest BCUT2D eigenvalue weighted by Crippen LogP contribution is -2.23. The van der Waals surface area contributed by atoms with E-state index in [1.165, 1.54) is 0 Å². The maximum atomic E-state index is 5.85. The van der Waals surface area contributed by atoms with Crippen molar-refractivity contribution in [3.05, 3.63) is 65.4 Å². The van der Waals surface area contributed by atoms with Crippen LogP contribution in [-0.2, 0) is 0 Å². The number of aromatic nitrogens is 3. The van der Waals surface area contributed by atoms with Crippen molar-refractivity contribution < 1.29 is 4.74 Å². The van der Waals surface area contributed by atoms with Crippen LogP contribution in [0.3, 0.4) is 0 Å². The van der Waals surface area contributed by atoms with Crippen LogP contribution in [0.25, 0.3) is 0 Å². The highest BCUT2D eigenvalue weighted by molar-refractivity contribution is 6.54. The smallest absolute Gasteiger partial charge is 0.182 e. The van der Waals surface area contributed by atoms with Gasteiger partial charge in [0, 0.05) is 18.7 Å². The lowest BCUT2D eigenvalue weighted by atomic mass is 10.0. The molecule has 7 heteroatoms. The van der Waals surface area contributed by atoms with Crippen LogP contribution in [0.5, 0.6) is 5.75 Å². The topological polar surface area (TPSA) is 67.9 Å². The van der Waals surface area contributed by atoms with Gasteiger partial charge in [-0.2, -0.15) is 5.10 Å². The molecule has 4 rings (SSSR count). The second kappa shape index (κ2) is 8.71. The summed E-state index contributed by atoms with van der Waals surface area (Å²) in [5, 5.41) is 4.80. The number of benzene rings is 1. The molecule has 0 saturated heterocycles. The average Bonchev–Trinajstić information content (AvgIpc) is 3.28. The van der Waals surface area contributed by atoms with E-state index in [1.54, 1.807) is 4.68 Å². The number of nitrogens with zero attached hydrogens (tertiary/aromatic N) is 6. The van der Waals surface area contributed by atoms with Crippen LogP contribution in [0.2, 0.25) is 0 Å². The van der Waals surface area contributed by atoms with Crippen LogP contribution in [-0.4, -0.2) is 45.8 Å². The number of rotatable bonds is 7. The van der Waals surface area contributed by atoms with Crippen LogP contribution in [0.15, 0.2) is 52.7 Å². The summed E-state index contributed by atoms with van der Waals surface area (Å²) in [4.78, 5) is 16.7. The van der Waals surface area contributed by atoms with Gasteiger partial charge in [0.2, 0.25) is 0 Å². The Hall–Kier alpha value is -3.48. The Bertz CT molecular complexity index is 1160. The Morgan fingerprint density at radius 1 is 1.00 bits per heavy atom. The van der Waals surface area contributed by atoms with Gasteiger partial charge < -0.3 is 9.64 Å². The van der Waals surface area contributed by atoms with Crippen molar-refractivity contribution in [1.29, 1.82) is 0 Å². The summed E-state index contributed by atoms with van der Waals surface area (Å²) in [5.74, 6) is 2.47. The van der Waals surface area contributed by atoms with Crippen molar-refractivity contribution in [2.75, 3.05) is 24.6 Å². The highest BCUT2D eigenvalue weighted by atomic mass is 16.5. The number of hydrogen-bond donors (Lipinski definition) is 0. The zero-order chi connectivity index (χ0) is 22.0. The van der Waals surface area contributed by atoms with Crippen molar-refractivity contribution in [2.45, 2.75) is 34.6 Å². The molecule has 0 N–H and O–H groups in total. The van der Waals surface area contributed by atoms with E-state index in [2.05, 4.69) is 23.7 Å². The van der Waals surface area contributed by atoms with E-state index >= 15 is 0 Å². The second-order valence-corrected chi connectivity index (χ2v) is 7.33. The highest BCUT2D eigenvalue weighted by Gasteiger charge is 2.28. The molecule has 160 valence electrons. The van der Waals surface area contributed by atoms with E-state index < -0.39 is 0 Å². The van der Waals surface area contributed by atoms with Gasteiger partial charge in [-0.15, -0.1) is 0 Å².